The minimum Gasteiger partial charge on any atom is -0.324 e. The molecule has 0 aromatic carbocycles. The number of nitrogens with one attached hydrogen (secondary N) is 1. The van der Waals surface area contributed by atoms with Gasteiger partial charge >= 0.3 is 6.03 Å². The summed E-state index contributed by atoms with van der Waals surface area (Å²) in [5, 5.41) is 6.63. The number of piperidine rings is 1. The van der Waals surface area contributed by atoms with Crippen LogP contribution in [-0.4, -0.2) is 55.6 Å². The number of sulfonamides is 1. The van der Waals surface area contributed by atoms with Crippen molar-refractivity contribution in [3.05, 3.63) is 16.8 Å². The lowest BCUT2D eigenvalue weighted by Gasteiger charge is -2.35. The fraction of sp³-hybridized carbons (Fsp3) is 0.615. The third-order valence-corrected chi connectivity index (χ3v) is 6.43. The first-order valence-electron chi connectivity index (χ1n) is 6.98. The Bertz CT molecular complexity index is 563. The Morgan fingerprint density at radius 2 is 2.14 bits per heavy atom. The molecule has 0 aliphatic carbocycles. The van der Waals surface area contributed by atoms with Crippen LogP contribution in [0.2, 0.25) is 0 Å². The van der Waals surface area contributed by atoms with Crippen molar-refractivity contribution in [2.24, 2.45) is 0 Å². The van der Waals surface area contributed by atoms with Crippen LogP contribution >= 0.6 is 11.3 Å². The smallest absolute Gasteiger partial charge is 0.321 e. The molecule has 0 spiro atoms. The maximum absolute atomic E-state index is 12.1. The lowest BCUT2D eigenvalue weighted by atomic mass is 10.1. The van der Waals surface area contributed by atoms with Gasteiger partial charge in [0.25, 0.3) is 0 Å². The van der Waals surface area contributed by atoms with Gasteiger partial charge in [-0.15, -0.1) is 0 Å². The summed E-state index contributed by atoms with van der Waals surface area (Å²) in [6.07, 6.45) is 1.35. The van der Waals surface area contributed by atoms with E-state index in [4.69, 9.17) is 0 Å². The Kier molecular flexibility index (Phi) is 5.23. The SMILES string of the molecule is CCS(=O)(=O)N(C)C1CCN(C(=O)Nc2ccsc2)CC1. The fourth-order valence-electron chi connectivity index (χ4n) is 2.40. The number of nitrogens with zero attached hydrogens (tertiary/aromatic N) is 2. The lowest BCUT2D eigenvalue weighted by molar-refractivity contribution is 0.175. The van der Waals surface area contributed by atoms with Gasteiger partial charge in [-0.05, 0) is 31.2 Å². The van der Waals surface area contributed by atoms with Crippen molar-refractivity contribution in [1.82, 2.24) is 9.21 Å². The van der Waals surface area contributed by atoms with Crippen LogP contribution in [-0.2, 0) is 10.0 Å². The predicted octanol–water partition coefficient (Wildman–Crippen LogP) is 2.03. The van der Waals surface area contributed by atoms with Gasteiger partial charge in [0, 0.05) is 31.6 Å². The van der Waals surface area contributed by atoms with Crippen LogP contribution in [0.5, 0.6) is 0 Å². The highest BCUT2D eigenvalue weighted by Crippen LogP contribution is 2.19. The number of carbonyl (C=O) groups excluding carboxylic acids is 1. The van der Waals surface area contributed by atoms with E-state index in [0.29, 0.717) is 25.9 Å². The van der Waals surface area contributed by atoms with Crippen molar-refractivity contribution in [1.29, 1.82) is 0 Å². The summed E-state index contributed by atoms with van der Waals surface area (Å²) in [5.41, 5.74) is 0.804. The molecule has 1 saturated heterocycles. The molecule has 8 heteroatoms. The maximum atomic E-state index is 12.1. The fourth-order valence-corrected chi connectivity index (χ4v) is 4.06. The zero-order chi connectivity index (χ0) is 15.5. The minimum absolute atomic E-state index is 0.0138. The van der Waals surface area contributed by atoms with Crippen molar-refractivity contribution in [3.8, 4) is 0 Å². The highest BCUT2D eigenvalue weighted by Gasteiger charge is 2.30. The molecular formula is C13H21N3O3S2. The van der Waals surface area contributed by atoms with Gasteiger partial charge in [-0.1, -0.05) is 0 Å². The minimum atomic E-state index is -3.16. The van der Waals surface area contributed by atoms with Gasteiger partial charge in [-0.25, -0.2) is 17.5 Å². The van der Waals surface area contributed by atoms with Crippen molar-refractivity contribution in [2.45, 2.75) is 25.8 Å². The molecule has 0 bridgehead atoms. The molecule has 1 aromatic heterocycles. The molecule has 118 valence electrons. The topological polar surface area (TPSA) is 69.7 Å². The first kappa shape index (κ1) is 16.3. The van der Waals surface area contributed by atoms with Crippen LogP contribution < -0.4 is 5.32 Å². The largest absolute Gasteiger partial charge is 0.324 e. The summed E-state index contributed by atoms with van der Waals surface area (Å²) in [6.45, 7) is 2.80. The Labute approximate surface area is 129 Å². The number of thiophene rings is 1. The second kappa shape index (κ2) is 6.76. The predicted molar refractivity (Wildman–Crippen MR) is 85.2 cm³/mol. The number of urea groups is 1. The van der Waals surface area contributed by atoms with Gasteiger partial charge in [-0.3, -0.25) is 0 Å². The number of rotatable bonds is 4. The molecule has 2 heterocycles. The summed E-state index contributed by atoms with van der Waals surface area (Å²) in [5.74, 6) is 0.113. The van der Waals surface area contributed by atoms with Gasteiger partial charge in [0.15, 0.2) is 0 Å². The van der Waals surface area contributed by atoms with Crippen molar-refractivity contribution >= 4 is 33.1 Å². The summed E-state index contributed by atoms with van der Waals surface area (Å²) >= 11 is 1.53. The molecule has 0 saturated carbocycles. The molecule has 1 N–H and O–H groups in total. The summed E-state index contributed by atoms with van der Waals surface area (Å²) in [6, 6.07) is 1.73. The van der Waals surface area contributed by atoms with E-state index in [2.05, 4.69) is 5.32 Å². The number of hydrogen-bond donors (Lipinski definition) is 1. The number of amides is 2. The maximum Gasteiger partial charge on any atom is 0.321 e. The Balaban J connectivity index is 1.87. The van der Waals surface area contributed by atoms with E-state index in [1.807, 2.05) is 16.8 Å². The highest BCUT2D eigenvalue weighted by molar-refractivity contribution is 7.89. The molecule has 1 aromatic rings. The molecule has 21 heavy (non-hydrogen) atoms. The third-order valence-electron chi connectivity index (χ3n) is 3.84. The van der Waals surface area contributed by atoms with Gasteiger partial charge in [0.05, 0.1) is 11.4 Å². The second-order valence-electron chi connectivity index (χ2n) is 5.08. The number of likely N-dealkylation sites (tertiary alicyclic amines) is 1. The molecule has 0 radical (unpaired) electrons. The van der Waals surface area contributed by atoms with Crippen LogP contribution in [0.25, 0.3) is 0 Å². The third kappa shape index (κ3) is 3.96. The molecule has 6 nitrogen and oxygen atoms in total. The van der Waals surface area contributed by atoms with E-state index in [9.17, 15) is 13.2 Å². The van der Waals surface area contributed by atoms with Crippen LogP contribution in [0.15, 0.2) is 16.8 Å². The van der Waals surface area contributed by atoms with Crippen LogP contribution in [0.1, 0.15) is 19.8 Å². The zero-order valence-corrected chi connectivity index (χ0v) is 13.9. The van der Waals surface area contributed by atoms with Crippen LogP contribution in [0, 0.1) is 0 Å². The first-order chi connectivity index (χ1) is 9.94. The van der Waals surface area contributed by atoms with E-state index >= 15 is 0 Å². The molecule has 1 aliphatic rings. The normalized spacial score (nSPS) is 17.2. The van der Waals surface area contributed by atoms with Crippen molar-refractivity contribution in [3.63, 3.8) is 0 Å². The lowest BCUT2D eigenvalue weighted by Crippen LogP contribution is -2.48. The molecule has 2 amide bonds. The molecule has 2 rings (SSSR count). The molecule has 0 unspecified atom stereocenters. The second-order valence-corrected chi connectivity index (χ2v) is 8.17. The number of anilines is 1. The van der Waals surface area contributed by atoms with E-state index in [0.717, 1.165) is 5.69 Å². The van der Waals surface area contributed by atoms with Gasteiger partial charge < -0.3 is 10.2 Å². The highest BCUT2D eigenvalue weighted by atomic mass is 32.2. The van der Waals surface area contributed by atoms with Crippen LogP contribution in [0.4, 0.5) is 10.5 Å². The zero-order valence-electron chi connectivity index (χ0n) is 12.3. The van der Waals surface area contributed by atoms with Crippen molar-refractivity contribution < 1.29 is 13.2 Å². The molecule has 0 atom stereocenters. The molecule has 1 fully saturated rings. The Morgan fingerprint density at radius 1 is 1.48 bits per heavy atom. The number of hydrogen-bond acceptors (Lipinski definition) is 4. The first-order valence-corrected chi connectivity index (χ1v) is 9.53. The number of carbonyl (C=O) groups is 1. The van der Waals surface area contributed by atoms with E-state index in [1.54, 1.807) is 18.9 Å². The molecular weight excluding hydrogens is 310 g/mol. The van der Waals surface area contributed by atoms with Gasteiger partial charge in [-0.2, -0.15) is 11.3 Å². The van der Waals surface area contributed by atoms with E-state index < -0.39 is 10.0 Å². The monoisotopic (exact) mass is 331 g/mol. The average Bonchev–Trinajstić information content (AvgIpc) is 2.99. The Hall–Kier alpha value is -1.12. The summed E-state index contributed by atoms with van der Waals surface area (Å²) in [7, 11) is -1.53. The van der Waals surface area contributed by atoms with Gasteiger partial charge in [0.2, 0.25) is 10.0 Å². The van der Waals surface area contributed by atoms with Gasteiger partial charge in [0.1, 0.15) is 0 Å². The Morgan fingerprint density at radius 3 is 2.67 bits per heavy atom. The van der Waals surface area contributed by atoms with Crippen molar-refractivity contribution in [2.75, 3.05) is 31.2 Å². The summed E-state index contributed by atoms with van der Waals surface area (Å²) < 4.78 is 25.2. The van der Waals surface area contributed by atoms with Crippen LogP contribution in [0.3, 0.4) is 0 Å². The molecule has 1 aliphatic heterocycles. The summed E-state index contributed by atoms with van der Waals surface area (Å²) in [4.78, 5) is 13.8. The standard InChI is InChI=1S/C13H21N3O3S2/c1-3-21(18,19)15(2)12-4-7-16(8-5-12)13(17)14-11-6-9-20-10-11/h6,9-10,12H,3-5,7-8H2,1-2H3,(H,14,17). The van der Waals surface area contributed by atoms with E-state index in [1.165, 1.54) is 15.6 Å². The van der Waals surface area contributed by atoms with E-state index in [-0.39, 0.29) is 17.8 Å². The quantitative estimate of drug-likeness (QED) is 0.918. The average molecular weight is 331 g/mol.